The smallest absolute Gasteiger partial charge is 0.321 e. The van der Waals surface area contributed by atoms with Gasteiger partial charge in [-0.05, 0) is 24.6 Å². The third-order valence-electron chi connectivity index (χ3n) is 4.77. The molecule has 0 N–H and O–H groups in total. The van der Waals surface area contributed by atoms with E-state index in [4.69, 9.17) is 4.74 Å². The van der Waals surface area contributed by atoms with Crippen molar-refractivity contribution in [2.45, 2.75) is 18.4 Å². The van der Waals surface area contributed by atoms with E-state index < -0.39 is 16.0 Å². The van der Waals surface area contributed by atoms with Crippen LogP contribution in [0, 0.1) is 0 Å². The van der Waals surface area contributed by atoms with Crippen molar-refractivity contribution in [3.05, 3.63) is 72.3 Å². The van der Waals surface area contributed by atoms with Gasteiger partial charge in [0.15, 0.2) is 0 Å². The molecule has 30 heavy (non-hydrogen) atoms. The highest BCUT2D eigenvalue weighted by molar-refractivity contribution is 7.89. The van der Waals surface area contributed by atoms with Crippen molar-refractivity contribution in [2.75, 3.05) is 32.1 Å². The number of hydrogen-bond acceptors (Lipinski definition) is 5. The van der Waals surface area contributed by atoms with E-state index in [1.165, 1.54) is 4.31 Å². The fourth-order valence-electron chi connectivity index (χ4n) is 3.38. The molecule has 3 aromatic rings. The second-order valence-corrected chi connectivity index (χ2v) is 8.99. The third kappa shape index (κ3) is 4.63. The number of hydrogen-bond donors (Lipinski definition) is 0. The standard InChI is InChI=1S/C23H26N2O4S/c1-4-29-23(26)17-25(16-18-10-6-5-7-11-18)30(27,28)22-15-9-12-19-20(22)13-8-14-21(19)24(2)3/h5-15H,4,16-17H2,1-3H3. The number of esters is 1. The van der Waals surface area contributed by atoms with Gasteiger partial charge in [0.2, 0.25) is 10.0 Å². The number of sulfonamides is 1. The van der Waals surface area contributed by atoms with Crippen LogP contribution in [0.3, 0.4) is 0 Å². The number of ether oxygens (including phenoxy) is 1. The number of carbonyl (C=O) groups is 1. The Labute approximate surface area is 177 Å². The van der Waals surface area contributed by atoms with Gasteiger partial charge in [0.05, 0.1) is 11.5 Å². The summed E-state index contributed by atoms with van der Waals surface area (Å²) in [6, 6.07) is 20.0. The molecule has 0 heterocycles. The molecule has 7 heteroatoms. The molecule has 3 aromatic carbocycles. The molecule has 0 unspecified atom stereocenters. The molecule has 0 aliphatic carbocycles. The number of fused-ring (bicyclic) bond motifs is 1. The zero-order chi connectivity index (χ0) is 21.7. The third-order valence-corrected chi connectivity index (χ3v) is 6.62. The monoisotopic (exact) mass is 426 g/mol. The summed E-state index contributed by atoms with van der Waals surface area (Å²) >= 11 is 0. The van der Waals surface area contributed by atoms with Gasteiger partial charge >= 0.3 is 5.97 Å². The van der Waals surface area contributed by atoms with Crippen molar-refractivity contribution in [2.24, 2.45) is 0 Å². The minimum Gasteiger partial charge on any atom is -0.465 e. The molecule has 0 bridgehead atoms. The Morgan fingerprint density at radius 2 is 1.57 bits per heavy atom. The van der Waals surface area contributed by atoms with Crippen LogP contribution in [0.4, 0.5) is 5.69 Å². The van der Waals surface area contributed by atoms with Gasteiger partial charge in [-0.2, -0.15) is 4.31 Å². The first-order valence-electron chi connectivity index (χ1n) is 9.73. The van der Waals surface area contributed by atoms with Crippen molar-refractivity contribution < 1.29 is 17.9 Å². The highest BCUT2D eigenvalue weighted by Gasteiger charge is 2.29. The van der Waals surface area contributed by atoms with Crippen molar-refractivity contribution in [3.63, 3.8) is 0 Å². The van der Waals surface area contributed by atoms with Crippen LogP contribution in [0.2, 0.25) is 0 Å². The first kappa shape index (κ1) is 21.8. The van der Waals surface area contributed by atoms with Crippen molar-refractivity contribution in [3.8, 4) is 0 Å². The summed E-state index contributed by atoms with van der Waals surface area (Å²) in [5.41, 5.74) is 1.71. The number of benzene rings is 3. The van der Waals surface area contributed by atoms with E-state index in [-0.39, 0.29) is 24.6 Å². The molecular weight excluding hydrogens is 400 g/mol. The summed E-state index contributed by atoms with van der Waals surface area (Å²) in [5.74, 6) is -0.578. The number of rotatable bonds is 8. The zero-order valence-electron chi connectivity index (χ0n) is 17.4. The molecule has 0 amide bonds. The van der Waals surface area contributed by atoms with Gasteiger partial charge in [-0.3, -0.25) is 4.79 Å². The Balaban J connectivity index is 2.10. The average Bonchev–Trinajstić information content (AvgIpc) is 2.73. The highest BCUT2D eigenvalue weighted by atomic mass is 32.2. The first-order chi connectivity index (χ1) is 14.3. The highest BCUT2D eigenvalue weighted by Crippen LogP contribution is 2.32. The summed E-state index contributed by atoms with van der Waals surface area (Å²) in [5, 5.41) is 1.45. The van der Waals surface area contributed by atoms with Gasteiger partial charge in [0, 0.05) is 37.1 Å². The molecule has 3 rings (SSSR count). The largest absolute Gasteiger partial charge is 0.465 e. The molecule has 0 aliphatic heterocycles. The molecule has 0 aromatic heterocycles. The maximum absolute atomic E-state index is 13.7. The van der Waals surface area contributed by atoms with Crippen LogP contribution in [-0.4, -0.2) is 45.9 Å². The molecule has 0 aliphatic rings. The van der Waals surface area contributed by atoms with Gasteiger partial charge in [-0.1, -0.05) is 54.6 Å². The quantitative estimate of drug-likeness (QED) is 0.514. The second-order valence-electron chi connectivity index (χ2n) is 7.09. The number of anilines is 1. The minimum absolute atomic E-state index is 0.0751. The van der Waals surface area contributed by atoms with Crippen LogP contribution in [-0.2, 0) is 26.1 Å². The molecule has 0 saturated carbocycles. The molecule has 0 saturated heterocycles. The topological polar surface area (TPSA) is 66.9 Å². The van der Waals surface area contributed by atoms with Crippen LogP contribution >= 0.6 is 0 Å². The van der Waals surface area contributed by atoms with Crippen molar-refractivity contribution in [1.82, 2.24) is 4.31 Å². The van der Waals surface area contributed by atoms with Crippen LogP contribution in [0.5, 0.6) is 0 Å². The molecule has 0 fully saturated rings. The second kappa shape index (κ2) is 9.28. The van der Waals surface area contributed by atoms with Crippen LogP contribution < -0.4 is 4.90 Å². The van der Waals surface area contributed by atoms with E-state index in [2.05, 4.69) is 0 Å². The predicted octanol–water partition coefficient (Wildman–Crippen LogP) is 3.66. The summed E-state index contributed by atoms with van der Waals surface area (Å²) in [6.07, 6.45) is 0. The fourth-order valence-corrected chi connectivity index (χ4v) is 4.96. The molecule has 6 nitrogen and oxygen atoms in total. The number of nitrogens with zero attached hydrogens (tertiary/aromatic N) is 2. The van der Waals surface area contributed by atoms with Gasteiger partial charge < -0.3 is 9.64 Å². The molecule has 0 spiro atoms. The summed E-state index contributed by atoms with van der Waals surface area (Å²) in [7, 11) is -0.138. The normalized spacial score (nSPS) is 11.6. The average molecular weight is 427 g/mol. The van der Waals surface area contributed by atoms with Gasteiger partial charge in [0.1, 0.15) is 6.54 Å². The number of carbonyl (C=O) groups excluding carboxylic acids is 1. The van der Waals surface area contributed by atoms with Crippen LogP contribution in [0.1, 0.15) is 12.5 Å². The molecule has 0 radical (unpaired) electrons. The van der Waals surface area contributed by atoms with Crippen molar-refractivity contribution in [1.29, 1.82) is 0 Å². The maximum atomic E-state index is 13.7. The lowest BCUT2D eigenvalue weighted by Gasteiger charge is -2.23. The van der Waals surface area contributed by atoms with E-state index in [1.807, 2.05) is 67.5 Å². The van der Waals surface area contributed by atoms with Crippen molar-refractivity contribution >= 4 is 32.5 Å². The lowest BCUT2D eigenvalue weighted by Crippen LogP contribution is -2.36. The Kier molecular flexibility index (Phi) is 6.74. The summed E-state index contributed by atoms with van der Waals surface area (Å²) in [6.45, 7) is 1.61. The molecule has 158 valence electrons. The van der Waals surface area contributed by atoms with E-state index in [0.29, 0.717) is 5.39 Å². The van der Waals surface area contributed by atoms with E-state index in [9.17, 15) is 13.2 Å². The Hall–Kier alpha value is -2.90. The van der Waals surface area contributed by atoms with E-state index >= 15 is 0 Å². The predicted molar refractivity (Wildman–Crippen MR) is 119 cm³/mol. The maximum Gasteiger partial charge on any atom is 0.321 e. The Morgan fingerprint density at radius 1 is 0.900 bits per heavy atom. The lowest BCUT2D eigenvalue weighted by molar-refractivity contribution is -0.143. The first-order valence-corrected chi connectivity index (χ1v) is 11.2. The van der Waals surface area contributed by atoms with E-state index in [1.54, 1.807) is 25.1 Å². The van der Waals surface area contributed by atoms with Gasteiger partial charge in [-0.15, -0.1) is 0 Å². The van der Waals surface area contributed by atoms with Crippen LogP contribution in [0.25, 0.3) is 10.8 Å². The Bertz CT molecular complexity index is 1130. The van der Waals surface area contributed by atoms with Gasteiger partial charge in [0.25, 0.3) is 0 Å². The SMILES string of the molecule is CCOC(=O)CN(Cc1ccccc1)S(=O)(=O)c1cccc2c(N(C)C)cccc12. The van der Waals surface area contributed by atoms with E-state index in [0.717, 1.165) is 16.6 Å². The molecular formula is C23H26N2O4S. The molecule has 0 atom stereocenters. The minimum atomic E-state index is -3.97. The lowest BCUT2D eigenvalue weighted by atomic mass is 10.1. The summed E-state index contributed by atoms with van der Waals surface area (Å²) < 4.78 is 33.6. The van der Waals surface area contributed by atoms with Crippen LogP contribution in [0.15, 0.2) is 71.6 Å². The Morgan fingerprint density at radius 3 is 2.23 bits per heavy atom. The van der Waals surface area contributed by atoms with Gasteiger partial charge in [-0.25, -0.2) is 8.42 Å². The summed E-state index contributed by atoms with van der Waals surface area (Å²) in [4.78, 5) is 14.3. The zero-order valence-corrected chi connectivity index (χ0v) is 18.2. The fraction of sp³-hybridized carbons (Fsp3) is 0.261.